The molecule has 0 fully saturated rings. The molecule has 0 spiro atoms. The topological polar surface area (TPSA) is 58.3 Å². The van der Waals surface area contributed by atoms with E-state index < -0.39 is 0 Å². The molecule has 1 aromatic heterocycles. The van der Waals surface area contributed by atoms with Crippen LogP contribution in [0.3, 0.4) is 0 Å². The average molecular weight is 308 g/mol. The highest BCUT2D eigenvalue weighted by Crippen LogP contribution is 2.37. The van der Waals surface area contributed by atoms with Gasteiger partial charge in [-0.05, 0) is 23.1 Å². The number of phenolic OH excluding ortho intramolecular Hbond substituents is 2. The first-order valence-electron chi connectivity index (χ1n) is 7.66. The summed E-state index contributed by atoms with van der Waals surface area (Å²) in [4.78, 5) is 4.22. The van der Waals surface area contributed by atoms with Gasteiger partial charge in [-0.1, -0.05) is 44.2 Å². The smallest absolute Gasteiger partial charge is 0.128 e. The third-order valence-corrected chi connectivity index (χ3v) is 3.95. The molecule has 0 aliphatic rings. The van der Waals surface area contributed by atoms with Gasteiger partial charge in [-0.25, -0.2) is 4.98 Å². The van der Waals surface area contributed by atoms with E-state index in [1.165, 1.54) is 6.07 Å². The molecule has 0 aliphatic heterocycles. The zero-order valence-electron chi connectivity index (χ0n) is 13.3. The first-order chi connectivity index (χ1) is 11.1. The van der Waals surface area contributed by atoms with Crippen molar-refractivity contribution in [1.29, 1.82) is 0 Å². The van der Waals surface area contributed by atoms with Gasteiger partial charge in [0.05, 0.1) is 18.2 Å². The van der Waals surface area contributed by atoms with Gasteiger partial charge in [-0.3, -0.25) is 0 Å². The number of rotatable bonds is 4. The first-order valence-corrected chi connectivity index (χ1v) is 7.66. The highest BCUT2D eigenvalue weighted by molar-refractivity contribution is 5.70. The summed E-state index contributed by atoms with van der Waals surface area (Å²) in [5.41, 5.74) is 3.48. The van der Waals surface area contributed by atoms with E-state index in [9.17, 15) is 10.2 Å². The Bertz CT molecular complexity index is 807. The number of hydrogen-bond acceptors (Lipinski definition) is 3. The van der Waals surface area contributed by atoms with Crippen molar-refractivity contribution in [1.82, 2.24) is 9.55 Å². The molecule has 3 rings (SSSR count). The Morgan fingerprint density at radius 2 is 1.78 bits per heavy atom. The third-order valence-electron chi connectivity index (χ3n) is 3.95. The zero-order chi connectivity index (χ0) is 16.4. The fraction of sp³-hybridized carbons (Fsp3) is 0.211. The summed E-state index contributed by atoms with van der Waals surface area (Å²) in [5, 5.41) is 20.3. The lowest BCUT2D eigenvalue weighted by Crippen LogP contribution is -2.01. The van der Waals surface area contributed by atoms with Crippen LogP contribution in [0.5, 0.6) is 11.5 Å². The van der Waals surface area contributed by atoms with Crippen LogP contribution in [0, 0.1) is 0 Å². The lowest BCUT2D eigenvalue weighted by Gasteiger charge is -2.14. The van der Waals surface area contributed by atoms with Crippen LogP contribution in [0.1, 0.15) is 30.9 Å². The van der Waals surface area contributed by atoms with Crippen LogP contribution in [0.25, 0.3) is 11.3 Å². The van der Waals surface area contributed by atoms with Gasteiger partial charge in [0.15, 0.2) is 0 Å². The maximum Gasteiger partial charge on any atom is 0.128 e. The first kappa shape index (κ1) is 15.2. The normalized spacial score (nSPS) is 11.1. The van der Waals surface area contributed by atoms with Gasteiger partial charge >= 0.3 is 0 Å². The lowest BCUT2D eigenvalue weighted by molar-refractivity contribution is 0.445. The Kier molecular flexibility index (Phi) is 4.06. The van der Waals surface area contributed by atoms with Crippen molar-refractivity contribution >= 4 is 0 Å². The van der Waals surface area contributed by atoms with E-state index in [1.54, 1.807) is 12.5 Å². The molecule has 2 N–H and O–H groups in total. The summed E-state index contributed by atoms with van der Waals surface area (Å²) >= 11 is 0. The molecule has 4 nitrogen and oxygen atoms in total. The molecule has 2 aromatic carbocycles. The Morgan fingerprint density at radius 1 is 1.04 bits per heavy atom. The number of aromatic hydroxyl groups is 2. The van der Waals surface area contributed by atoms with E-state index in [0.29, 0.717) is 12.1 Å². The van der Waals surface area contributed by atoms with Gasteiger partial charge in [-0.2, -0.15) is 0 Å². The molecule has 0 saturated carbocycles. The minimum atomic E-state index is 0.0571. The van der Waals surface area contributed by atoms with Crippen LogP contribution in [0.15, 0.2) is 55.0 Å². The van der Waals surface area contributed by atoms with E-state index in [4.69, 9.17) is 0 Å². The minimum absolute atomic E-state index is 0.0571. The summed E-state index contributed by atoms with van der Waals surface area (Å²) in [5.74, 6) is 0.344. The van der Waals surface area contributed by atoms with E-state index in [-0.39, 0.29) is 17.4 Å². The summed E-state index contributed by atoms with van der Waals surface area (Å²) in [6, 6.07) is 13.3. The van der Waals surface area contributed by atoms with E-state index in [1.807, 2.05) is 42.7 Å². The molecule has 0 radical (unpaired) electrons. The fourth-order valence-electron chi connectivity index (χ4n) is 2.71. The predicted octanol–water partition coefficient (Wildman–Crippen LogP) is 4.13. The maximum absolute atomic E-state index is 10.3. The summed E-state index contributed by atoms with van der Waals surface area (Å²) in [6.45, 7) is 4.70. The summed E-state index contributed by atoms with van der Waals surface area (Å²) < 4.78 is 1.99. The van der Waals surface area contributed by atoms with Crippen molar-refractivity contribution in [3.05, 3.63) is 66.1 Å². The van der Waals surface area contributed by atoms with Crippen LogP contribution in [0.4, 0.5) is 0 Å². The van der Waals surface area contributed by atoms with Crippen LogP contribution < -0.4 is 0 Å². The maximum atomic E-state index is 10.3. The quantitative estimate of drug-likeness (QED) is 0.762. The highest BCUT2D eigenvalue weighted by Gasteiger charge is 2.15. The van der Waals surface area contributed by atoms with Gasteiger partial charge in [0.1, 0.15) is 11.5 Å². The van der Waals surface area contributed by atoms with Crippen molar-refractivity contribution in [3.63, 3.8) is 0 Å². The second kappa shape index (κ2) is 6.16. The van der Waals surface area contributed by atoms with Gasteiger partial charge in [0.2, 0.25) is 0 Å². The lowest BCUT2D eigenvalue weighted by atomic mass is 9.97. The molecule has 0 atom stereocenters. The second-order valence-corrected chi connectivity index (χ2v) is 5.98. The van der Waals surface area contributed by atoms with Crippen LogP contribution >= 0.6 is 0 Å². The highest BCUT2D eigenvalue weighted by atomic mass is 16.3. The number of nitrogens with zero attached hydrogens (tertiary/aromatic N) is 2. The largest absolute Gasteiger partial charge is 0.508 e. The third kappa shape index (κ3) is 3.06. The number of phenols is 2. The van der Waals surface area contributed by atoms with Crippen molar-refractivity contribution in [2.75, 3.05) is 0 Å². The number of benzene rings is 2. The van der Waals surface area contributed by atoms with Crippen molar-refractivity contribution in [3.8, 4) is 22.8 Å². The Hall–Kier alpha value is -2.75. The van der Waals surface area contributed by atoms with Gasteiger partial charge < -0.3 is 14.8 Å². The fourth-order valence-corrected chi connectivity index (χ4v) is 2.71. The molecule has 1 heterocycles. The monoisotopic (exact) mass is 308 g/mol. The Labute approximate surface area is 135 Å². The number of imidazole rings is 1. The van der Waals surface area contributed by atoms with Gasteiger partial charge in [-0.15, -0.1) is 0 Å². The molecule has 23 heavy (non-hydrogen) atoms. The van der Waals surface area contributed by atoms with Crippen molar-refractivity contribution in [2.24, 2.45) is 0 Å². The second-order valence-electron chi connectivity index (χ2n) is 5.98. The van der Waals surface area contributed by atoms with Crippen molar-refractivity contribution in [2.45, 2.75) is 26.3 Å². The van der Waals surface area contributed by atoms with Gasteiger partial charge in [0.25, 0.3) is 0 Å². The molecular formula is C19H20N2O2. The molecule has 0 saturated heterocycles. The summed E-state index contributed by atoms with van der Waals surface area (Å²) in [6.07, 6.45) is 3.49. The van der Waals surface area contributed by atoms with Crippen LogP contribution in [-0.2, 0) is 6.54 Å². The van der Waals surface area contributed by atoms with E-state index in [0.717, 1.165) is 16.8 Å². The molecule has 0 aliphatic carbocycles. The Balaban J connectivity index is 2.03. The SMILES string of the molecule is CC(C)c1cc(-c2cncn2Cc2ccccc2)c(O)cc1O. The number of hydrogen-bond donors (Lipinski definition) is 2. The van der Waals surface area contributed by atoms with Gasteiger partial charge in [0, 0.05) is 18.2 Å². The van der Waals surface area contributed by atoms with Crippen molar-refractivity contribution < 1.29 is 10.2 Å². The molecule has 118 valence electrons. The molecule has 0 bridgehead atoms. The summed E-state index contributed by atoms with van der Waals surface area (Å²) in [7, 11) is 0. The zero-order valence-corrected chi connectivity index (χ0v) is 13.3. The van der Waals surface area contributed by atoms with Crippen LogP contribution in [0.2, 0.25) is 0 Å². The number of aromatic nitrogens is 2. The molecule has 4 heteroatoms. The average Bonchev–Trinajstić information content (AvgIpc) is 2.96. The predicted molar refractivity (Wildman–Crippen MR) is 90.6 cm³/mol. The molecule has 0 unspecified atom stereocenters. The Morgan fingerprint density at radius 3 is 2.48 bits per heavy atom. The van der Waals surface area contributed by atoms with Crippen LogP contribution in [-0.4, -0.2) is 19.8 Å². The molecule has 0 amide bonds. The standard InChI is InChI=1S/C19H20N2O2/c1-13(2)15-8-16(19(23)9-18(15)22)17-10-20-12-21(17)11-14-6-4-3-5-7-14/h3-10,12-13,22-23H,11H2,1-2H3. The van der Waals surface area contributed by atoms with E-state index >= 15 is 0 Å². The molecular weight excluding hydrogens is 288 g/mol. The minimum Gasteiger partial charge on any atom is -0.508 e. The van der Waals surface area contributed by atoms with E-state index in [2.05, 4.69) is 17.1 Å². The molecule has 3 aromatic rings.